The molecular formula is C10H10Cl2O. The first-order chi connectivity index (χ1) is 6.25. The number of Topliss-reactive ketones (excluding diaryl/α,β-unsaturated/α-hetero) is 1. The van der Waals surface area contributed by atoms with E-state index in [4.69, 9.17) is 23.2 Å². The van der Waals surface area contributed by atoms with E-state index in [0.717, 1.165) is 0 Å². The van der Waals surface area contributed by atoms with E-state index < -0.39 is 0 Å². The Morgan fingerprint density at radius 2 is 2.00 bits per heavy atom. The second-order valence-electron chi connectivity index (χ2n) is 2.70. The van der Waals surface area contributed by atoms with Crippen molar-refractivity contribution < 1.29 is 4.79 Å². The van der Waals surface area contributed by atoms with Crippen molar-refractivity contribution >= 4 is 29.0 Å². The molecular weight excluding hydrogens is 207 g/mol. The fourth-order valence-electron chi connectivity index (χ4n) is 1.05. The van der Waals surface area contributed by atoms with Gasteiger partial charge in [0.05, 0.1) is 5.02 Å². The number of carbonyl (C=O) groups is 1. The maximum atomic E-state index is 11.5. The number of carbonyl (C=O) groups excluding carboxylic acids is 1. The molecule has 0 radical (unpaired) electrons. The summed E-state index contributed by atoms with van der Waals surface area (Å²) in [6.45, 7) is 0. The molecule has 3 heteroatoms. The second-order valence-corrected chi connectivity index (χ2v) is 3.48. The van der Waals surface area contributed by atoms with Crippen LogP contribution >= 0.6 is 23.2 Å². The van der Waals surface area contributed by atoms with Gasteiger partial charge in [-0.3, -0.25) is 4.79 Å². The molecule has 0 aliphatic rings. The van der Waals surface area contributed by atoms with Gasteiger partial charge in [0, 0.05) is 17.9 Å². The number of halogens is 2. The van der Waals surface area contributed by atoms with Crippen molar-refractivity contribution in [3.8, 4) is 0 Å². The van der Waals surface area contributed by atoms with Gasteiger partial charge in [0.25, 0.3) is 0 Å². The van der Waals surface area contributed by atoms with E-state index in [1.807, 2.05) is 0 Å². The van der Waals surface area contributed by atoms with Crippen LogP contribution in [0.25, 0.3) is 0 Å². The lowest BCUT2D eigenvalue weighted by atomic mass is 10.1. The molecule has 1 nitrogen and oxygen atoms in total. The molecule has 0 spiro atoms. The van der Waals surface area contributed by atoms with Gasteiger partial charge in [-0.05, 0) is 18.6 Å². The Hall–Kier alpha value is -0.530. The number of benzene rings is 1. The Morgan fingerprint density at radius 3 is 2.62 bits per heavy atom. The van der Waals surface area contributed by atoms with Crippen LogP contribution in [-0.2, 0) is 0 Å². The molecule has 0 aliphatic carbocycles. The maximum Gasteiger partial charge on any atom is 0.164 e. The molecule has 0 saturated heterocycles. The molecule has 1 rings (SSSR count). The molecule has 13 heavy (non-hydrogen) atoms. The number of hydrogen-bond acceptors (Lipinski definition) is 1. The minimum absolute atomic E-state index is 0.0613. The molecule has 0 N–H and O–H groups in total. The van der Waals surface area contributed by atoms with E-state index in [0.29, 0.717) is 29.3 Å². The number of rotatable bonds is 4. The quantitative estimate of drug-likeness (QED) is 0.556. The van der Waals surface area contributed by atoms with Gasteiger partial charge in [0.15, 0.2) is 5.78 Å². The molecule has 1 aromatic rings. The molecule has 0 atom stereocenters. The largest absolute Gasteiger partial charge is 0.294 e. The van der Waals surface area contributed by atoms with E-state index in [2.05, 4.69) is 0 Å². The Kier molecular flexibility index (Phi) is 4.26. The molecule has 1 aromatic carbocycles. The van der Waals surface area contributed by atoms with Crippen molar-refractivity contribution in [1.82, 2.24) is 0 Å². The smallest absolute Gasteiger partial charge is 0.164 e. The summed E-state index contributed by atoms with van der Waals surface area (Å²) in [5.74, 6) is 0.571. The summed E-state index contributed by atoms with van der Waals surface area (Å²) >= 11 is 11.3. The highest BCUT2D eigenvalue weighted by Crippen LogP contribution is 2.17. The fraction of sp³-hybridized carbons (Fsp3) is 0.300. The lowest BCUT2D eigenvalue weighted by molar-refractivity contribution is 0.0982. The van der Waals surface area contributed by atoms with Gasteiger partial charge in [-0.1, -0.05) is 23.7 Å². The molecule has 0 bridgehead atoms. The van der Waals surface area contributed by atoms with Gasteiger partial charge in [0.1, 0.15) is 0 Å². The van der Waals surface area contributed by atoms with Gasteiger partial charge in [-0.2, -0.15) is 0 Å². The number of alkyl halides is 1. The van der Waals surface area contributed by atoms with Crippen LogP contribution < -0.4 is 0 Å². The zero-order valence-corrected chi connectivity index (χ0v) is 8.61. The first-order valence-corrected chi connectivity index (χ1v) is 5.00. The van der Waals surface area contributed by atoms with Crippen LogP contribution in [0.1, 0.15) is 23.2 Å². The lowest BCUT2D eigenvalue weighted by Crippen LogP contribution is -1.99. The Bertz CT molecular complexity index is 297. The predicted molar refractivity (Wildman–Crippen MR) is 55.7 cm³/mol. The standard InChI is InChI=1S/C10H10Cl2O/c11-7-3-6-10(13)8-4-1-2-5-9(8)12/h1-2,4-5H,3,6-7H2. The third-order valence-corrected chi connectivity index (χ3v) is 2.31. The average molecular weight is 217 g/mol. The van der Waals surface area contributed by atoms with E-state index in [9.17, 15) is 4.79 Å². The Morgan fingerprint density at radius 1 is 1.31 bits per heavy atom. The van der Waals surface area contributed by atoms with Gasteiger partial charge >= 0.3 is 0 Å². The van der Waals surface area contributed by atoms with Crippen LogP contribution in [-0.4, -0.2) is 11.7 Å². The normalized spacial score (nSPS) is 10.0. The summed E-state index contributed by atoms with van der Waals surface area (Å²) in [5, 5.41) is 0.516. The van der Waals surface area contributed by atoms with E-state index in [-0.39, 0.29) is 5.78 Å². The summed E-state index contributed by atoms with van der Waals surface area (Å²) in [5.41, 5.74) is 0.592. The van der Waals surface area contributed by atoms with E-state index in [1.54, 1.807) is 24.3 Å². The fourth-order valence-corrected chi connectivity index (χ4v) is 1.42. The monoisotopic (exact) mass is 216 g/mol. The van der Waals surface area contributed by atoms with Crippen LogP contribution in [0.15, 0.2) is 24.3 Å². The van der Waals surface area contributed by atoms with Gasteiger partial charge in [0.2, 0.25) is 0 Å². The highest BCUT2D eigenvalue weighted by Gasteiger charge is 2.08. The summed E-state index contributed by atoms with van der Waals surface area (Å²) in [4.78, 5) is 11.5. The van der Waals surface area contributed by atoms with Crippen LogP contribution in [0.2, 0.25) is 5.02 Å². The highest BCUT2D eigenvalue weighted by atomic mass is 35.5. The van der Waals surface area contributed by atoms with Crippen molar-refractivity contribution in [2.45, 2.75) is 12.8 Å². The summed E-state index contributed by atoms with van der Waals surface area (Å²) in [6, 6.07) is 7.06. The first kappa shape index (κ1) is 10.6. The summed E-state index contributed by atoms with van der Waals surface area (Å²) in [7, 11) is 0. The molecule has 0 fully saturated rings. The van der Waals surface area contributed by atoms with Gasteiger partial charge in [-0.15, -0.1) is 11.6 Å². The number of hydrogen-bond donors (Lipinski definition) is 0. The molecule has 0 saturated carbocycles. The number of ketones is 1. The van der Waals surface area contributed by atoms with Crippen molar-refractivity contribution in [2.24, 2.45) is 0 Å². The second kappa shape index (κ2) is 5.25. The average Bonchev–Trinajstić information content (AvgIpc) is 2.15. The van der Waals surface area contributed by atoms with Crippen LogP contribution in [0.4, 0.5) is 0 Å². The van der Waals surface area contributed by atoms with Gasteiger partial charge in [-0.25, -0.2) is 0 Å². The Balaban J connectivity index is 2.71. The third kappa shape index (κ3) is 3.02. The molecule has 0 heterocycles. The molecule has 0 amide bonds. The summed E-state index contributed by atoms with van der Waals surface area (Å²) < 4.78 is 0. The van der Waals surface area contributed by atoms with Crippen LogP contribution in [0, 0.1) is 0 Å². The van der Waals surface area contributed by atoms with Crippen molar-refractivity contribution in [2.75, 3.05) is 5.88 Å². The maximum absolute atomic E-state index is 11.5. The van der Waals surface area contributed by atoms with Crippen LogP contribution in [0.5, 0.6) is 0 Å². The predicted octanol–water partition coefficient (Wildman–Crippen LogP) is 3.54. The first-order valence-electron chi connectivity index (χ1n) is 4.09. The molecule has 0 aliphatic heterocycles. The zero-order chi connectivity index (χ0) is 9.68. The summed E-state index contributed by atoms with van der Waals surface area (Å²) in [6.07, 6.45) is 1.17. The molecule has 70 valence electrons. The van der Waals surface area contributed by atoms with E-state index >= 15 is 0 Å². The minimum Gasteiger partial charge on any atom is -0.294 e. The zero-order valence-electron chi connectivity index (χ0n) is 7.09. The molecule has 0 unspecified atom stereocenters. The third-order valence-electron chi connectivity index (χ3n) is 1.71. The molecule has 0 aromatic heterocycles. The van der Waals surface area contributed by atoms with Crippen molar-refractivity contribution in [1.29, 1.82) is 0 Å². The van der Waals surface area contributed by atoms with Gasteiger partial charge < -0.3 is 0 Å². The topological polar surface area (TPSA) is 17.1 Å². The van der Waals surface area contributed by atoms with Crippen molar-refractivity contribution in [3.63, 3.8) is 0 Å². The van der Waals surface area contributed by atoms with Crippen LogP contribution in [0.3, 0.4) is 0 Å². The Labute approximate surface area is 87.7 Å². The highest BCUT2D eigenvalue weighted by molar-refractivity contribution is 6.33. The minimum atomic E-state index is 0.0613. The lowest BCUT2D eigenvalue weighted by Gasteiger charge is -2.01. The van der Waals surface area contributed by atoms with Crippen molar-refractivity contribution in [3.05, 3.63) is 34.9 Å². The van der Waals surface area contributed by atoms with E-state index in [1.165, 1.54) is 0 Å². The SMILES string of the molecule is O=C(CCCCl)c1ccccc1Cl.